The number of aromatic nitrogens is 2. The van der Waals surface area contributed by atoms with Gasteiger partial charge in [-0.05, 0) is 42.9 Å². The Labute approximate surface area is 151 Å². The summed E-state index contributed by atoms with van der Waals surface area (Å²) in [7, 11) is 0. The molecule has 136 valence electrons. The number of carbonyl (C=O) groups is 2. The first-order valence-electron chi connectivity index (χ1n) is 8.75. The van der Waals surface area contributed by atoms with Crippen molar-refractivity contribution in [2.45, 2.75) is 25.7 Å². The first-order valence-corrected chi connectivity index (χ1v) is 8.75. The van der Waals surface area contributed by atoms with Gasteiger partial charge in [-0.2, -0.15) is 0 Å². The number of benzene rings is 1. The first-order chi connectivity index (χ1) is 12.5. The third kappa shape index (κ3) is 4.36. The minimum atomic E-state index is -0.392. The number of aromatic amines is 1. The molecule has 26 heavy (non-hydrogen) atoms. The lowest BCUT2D eigenvalue weighted by Crippen LogP contribution is -2.40. The van der Waals surface area contributed by atoms with Crippen LogP contribution in [0, 0.1) is 5.92 Å². The molecule has 1 aromatic carbocycles. The van der Waals surface area contributed by atoms with E-state index in [1.54, 1.807) is 18.3 Å². The molecule has 3 N–H and O–H groups in total. The zero-order chi connectivity index (χ0) is 18.5. The second kappa shape index (κ2) is 7.95. The number of piperidine rings is 1. The second-order valence-electron chi connectivity index (χ2n) is 6.65. The van der Waals surface area contributed by atoms with Crippen molar-refractivity contribution in [3.63, 3.8) is 0 Å². The molecule has 1 fully saturated rings. The number of hydrogen-bond donors (Lipinski definition) is 2. The molecule has 1 unspecified atom stereocenters. The van der Waals surface area contributed by atoms with Gasteiger partial charge in [0, 0.05) is 43.0 Å². The number of amides is 2. The van der Waals surface area contributed by atoms with Crippen LogP contribution >= 0.6 is 0 Å². The number of H-pyrrole nitrogens is 1. The third-order valence-electron chi connectivity index (χ3n) is 4.74. The molecule has 0 bridgehead atoms. The Kier molecular flexibility index (Phi) is 5.46. The Morgan fingerprint density at radius 3 is 2.65 bits per heavy atom. The minimum Gasteiger partial charge on any atom is -0.370 e. The topological polar surface area (TPSA) is 109 Å². The van der Waals surface area contributed by atoms with Crippen molar-refractivity contribution in [3.8, 4) is 11.1 Å². The van der Waals surface area contributed by atoms with Gasteiger partial charge in [-0.25, -0.2) is 9.78 Å². The standard InChI is InChI=1S/C19H22N4O3/c20-17(24)8-3-13-2-1-9-23(12-13)18(25)15-6-4-14(5-7-15)16-10-21-19(26)22-11-16/h4-7,10-11,13H,1-3,8-9,12H2,(H2,20,24)(H,21,22,26). The number of carbonyl (C=O) groups excluding carboxylic acids is 2. The van der Waals surface area contributed by atoms with Gasteiger partial charge < -0.3 is 15.6 Å². The van der Waals surface area contributed by atoms with Gasteiger partial charge in [-0.3, -0.25) is 9.59 Å². The van der Waals surface area contributed by atoms with Crippen LogP contribution in [-0.2, 0) is 4.79 Å². The highest BCUT2D eigenvalue weighted by Crippen LogP contribution is 2.23. The zero-order valence-corrected chi connectivity index (χ0v) is 14.5. The largest absolute Gasteiger partial charge is 0.370 e. The summed E-state index contributed by atoms with van der Waals surface area (Å²) >= 11 is 0. The molecule has 1 aliphatic heterocycles. The Balaban J connectivity index is 1.66. The van der Waals surface area contributed by atoms with Gasteiger partial charge >= 0.3 is 5.69 Å². The predicted molar refractivity (Wildman–Crippen MR) is 97.3 cm³/mol. The molecule has 1 atom stereocenters. The minimum absolute atomic E-state index is 0.0000753. The average Bonchev–Trinajstić information content (AvgIpc) is 2.67. The van der Waals surface area contributed by atoms with Gasteiger partial charge in [0.25, 0.3) is 5.91 Å². The van der Waals surface area contributed by atoms with Crippen LogP contribution < -0.4 is 11.4 Å². The molecule has 1 aromatic heterocycles. The summed E-state index contributed by atoms with van der Waals surface area (Å²) in [6.07, 6.45) is 6.17. The van der Waals surface area contributed by atoms with Gasteiger partial charge in [-0.15, -0.1) is 0 Å². The zero-order valence-electron chi connectivity index (χ0n) is 14.5. The maximum absolute atomic E-state index is 12.8. The molecule has 0 saturated carbocycles. The van der Waals surface area contributed by atoms with E-state index in [4.69, 9.17) is 5.73 Å². The Bertz CT molecular complexity index is 824. The van der Waals surface area contributed by atoms with Crippen molar-refractivity contribution >= 4 is 11.8 Å². The van der Waals surface area contributed by atoms with E-state index in [1.165, 1.54) is 6.20 Å². The van der Waals surface area contributed by atoms with Crippen LogP contribution in [0.15, 0.2) is 41.5 Å². The highest BCUT2D eigenvalue weighted by atomic mass is 16.2. The summed E-state index contributed by atoms with van der Waals surface area (Å²) in [5, 5.41) is 0. The average molecular weight is 354 g/mol. The molecule has 0 radical (unpaired) electrons. The fourth-order valence-electron chi connectivity index (χ4n) is 3.32. The molecular formula is C19H22N4O3. The van der Waals surface area contributed by atoms with Crippen LogP contribution in [0.3, 0.4) is 0 Å². The quantitative estimate of drug-likeness (QED) is 0.849. The van der Waals surface area contributed by atoms with Crippen molar-refractivity contribution in [2.75, 3.05) is 13.1 Å². The van der Waals surface area contributed by atoms with Crippen molar-refractivity contribution < 1.29 is 9.59 Å². The smallest absolute Gasteiger partial charge is 0.344 e. The molecule has 7 heteroatoms. The normalized spacial score (nSPS) is 17.1. The van der Waals surface area contributed by atoms with Gasteiger partial charge in [-0.1, -0.05) is 12.1 Å². The molecule has 7 nitrogen and oxygen atoms in total. The lowest BCUT2D eigenvalue weighted by molar-refractivity contribution is -0.118. The highest BCUT2D eigenvalue weighted by molar-refractivity contribution is 5.94. The van der Waals surface area contributed by atoms with Gasteiger partial charge in [0.15, 0.2) is 0 Å². The number of hydrogen-bond acceptors (Lipinski definition) is 4. The highest BCUT2D eigenvalue weighted by Gasteiger charge is 2.24. The summed E-state index contributed by atoms with van der Waals surface area (Å²) in [5.41, 5.74) is 7.12. The molecule has 1 saturated heterocycles. The summed E-state index contributed by atoms with van der Waals surface area (Å²) in [4.78, 5) is 42.8. The van der Waals surface area contributed by atoms with Gasteiger partial charge in [0.2, 0.25) is 5.91 Å². The lowest BCUT2D eigenvalue weighted by Gasteiger charge is -2.32. The van der Waals surface area contributed by atoms with E-state index in [0.29, 0.717) is 24.4 Å². The van der Waals surface area contributed by atoms with E-state index in [0.717, 1.165) is 36.9 Å². The number of nitrogens with zero attached hydrogens (tertiary/aromatic N) is 2. The second-order valence-corrected chi connectivity index (χ2v) is 6.65. The number of likely N-dealkylation sites (tertiary alicyclic amines) is 1. The van der Waals surface area contributed by atoms with Crippen molar-refractivity contribution in [1.29, 1.82) is 0 Å². The van der Waals surface area contributed by atoms with Crippen LogP contribution in [-0.4, -0.2) is 39.8 Å². The Morgan fingerprint density at radius 2 is 2.00 bits per heavy atom. The Morgan fingerprint density at radius 1 is 1.23 bits per heavy atom. The molecule has 2 aromatic rings. The molecule has 2 amide bonds. The number of nitrogens with two attached hydrogens (primary N) is 1. The molecule has 0 aliphatic carbocycles. The van der Waals surface area contributed by atoms with Crippen molar-refractivity contribution in [1.82, 2.24) is 14.9 Å². The summed E-state index contributed by atoms with van der Waals surface area (Å²) < 4.78 is 0. The van der Waals surface area contributed by atoms with Crippen LogP contribution in [0.25, 0.3) is 11.1 Å². The van der Waals surface area contributed by atoms with Crippen LogP contribution in [0.5, 0.6) is 0 Å². The maximum Gasteiger partial charge on any atom is 0.344 e. The summed E-state index contributed by atoms with van der Waals surface area (Å²) in [6, 6.07) is 7.26. The maximum atomic E-state index is 12.8. The number of primary amides is 1. The number of nitrogens with one attached hydrogen (secondary N) is 1. The Hall–Kier alpha value is -2.96. The lowest BCUT2D eigenvalue weighted by atomic mass is 9.93. The first kappa shape index (κ1) is 17.8. The predicted octanol–water partition coefficient (Wildman–Crippen LogP) is 1.55. The fourth-order valence-corrected chi connectivity index (χ4v) is 3.32. The molecule has 0 spiro atoms. The fraction of sp³-hybridized carbons (Fsp3) is 0.368. The third-order valence-corrected chi connectivity index (χ3v) is 4.74. The van der Waals surface area contributed by atoms with Crippen LogP contribution in [0.2, 0.25) is 0 Å². The van der Waals surface area contributed by atoms with E-state index in [-0.39, 0.29) is 11.8 Å². The monoisotopic (exact) mass is 354 g/mol. The molecule has 2 heterocycles. The van der Waals surface area contributed by atoms with Crippen molar-refractivity contribution in [3.05, 3.63) is 52.7 Å². The van der Waals surface area contributed by atoms with Gasteiger partial charge in [0.1, 0.15) is 0 Å². The SMILES string of the molecule is NC(=O)CCC1CCCN(C(=O)c2ccc(-c3cnc(=O)[nH]c3)cc2)C1. The summed E-state index contributed by atoms with van der Waals surface area (Å²) in [5.74, 6) is 0.0346. The summed E-state index contributed by atoms with van der Waals surface area (Å²) in [6.45, 7) is 1.40. The van der Waals surface area contributed by atoms with Gasteiger partial charge in [0.05, 0.1) is 0 Å². The molecular weight excluding hydrogens is 332 g/mol. The van der Waals surface area contributed by atoms with Crippen LogP contribution in [0.1, 0.15) is 36.0 Å². The van der Waals surface area contributed by atoms with E-state index in [2.05, 4.69) is 9.97 Å². The number of rotatable bonds is 5. The van der Waals surface area contributed by atoms with E-state index in [9.17, 15) is 14.4 Å². The van der Waals surface area contributed by atoms with E-state index >= 15 is 0 Å². The molecule has 3 rings (SSSR count). The van der Waals surface area contributed by atoms with Crippen LogP contribution in [0.4, 0.5) is 0 Å². The van der Waals surface area contributed by atoms with Crippen molar-refractivity contribution in [2.24, 2.45) is 11.7 Å². The van der Waals surface area contributed by atoms with E-state index < -0.39 is 5.69 Å². The van der Waals surface area contributed by atoms with E-state index in [1.807, 2.05) is 17.0 Å². The molecule has 1 aliphatic rings.